The third kappa shape index (κ3) is 3.58. The Labute approximate surface area is 139 Å². The Morgan fingerprint density at radius 1 is 1.13 bits per heavy atom. The van der Waals surface area contributed by atoms with Crippen LogP contribution in [0.3, 0.4) is 0 Å². The zero-order valence-corrected chi connectivity index (χ0v) is 14.4. The standard InChI is InChI=1S/C15H23NO6S/c1-14(2)19-7-8(20-14)9(17)11-12(22-15(3,4)21-11)10(18)13-16-5-6-23-13/h5-6,8-12,17-18H,7H2,1-4H3/t8-,9-,10-,11+,12+/m1/s1. The summed E-state index contributed by atoms with van der Waals surface area (Å²) in [7, 11) is 0. The van der Waals surface area contributed by atoms with E-state index < -0.39 is 42.1 Å². The molecule has 2 fully saturated rings. The molecule has 3 rings (SSSR count). The lowest BCUT2D eigenvalue weighted by molar-refractivity contribution is -0.179. The second-order valence-electron chi connectivity index (χ2n) is 6.74. The predicted molar refractivity (Wildman–Crippen MR) is 81.8 cm³/mol. The van der Waals surface area contributed by atoms with E-state index >= 15 is 0 Å². The Balaban J connectivity index is 1.78. The monoisotopic (exact) mass is 345 g/mol. The molecule has 2 N–H and O–H groups in total. The van der Waals surface area contributed by atoms with Crippen LogP contribution in [0.4, 0.5) is 0 Å². The molecule has 5 atom stereocenters. The molecule has 8 heteroatoms. The number of thiazole rings is 1. The minimum absolute atomic E-state index is 0.258. The maximum absolute atomic E-state index is 10.7. The fourth-order valence-corrected chi connectivity index (χ4v) is 3.60. The normalized spacial score (nSPS) is 35.3. The van der Waals surface area contributed by atoms with Gasteiger partial charge in [-0.15, -0.1) is 11.3 Å². The average Bonchev–Trinajstić information content (AvgIpc) is 3.15. The van der Waals surface area contributed by atoms with Crippen molar-refractivity contribution in [3.8, 4) is 0 Å². The van der Waals surface area contributed by atoms with Gasteiger partial charge in [0, 0.05) is 11.6 Å². The number of nitrogens with zero attached hydrogens (tertiary/aromatic N) is 1. The van der Waals surface area contributed by atoms with E-state index in [0.717, 1.165) is 0 Å². The molecule has 0 aliphatic carbocycles. The third-order valence-electron chi connectivity index (χ3n) is 3.93. The molecule has 2 aliphatic heterocycles. The summed E-state index contributed by atoms with van der Waals surface area (Å²) >= 11 is 1.33. The van der Waals surface area contributed by atoms with Crippen LogP contribution in [-0.4, -0.2) is 57.8 Å². The molecule has 2 aliphatic rings. The van der Waals surface area contributed by atoms with Gasteiger partial charge in [0.1, 0.15) is 35.5 Å². The molecule has 0 radical (unpaired) electrons. The molecule has 1 aromatic rings. The van der Waals surface area contributed by atoms with Crippen LogP contribution in [0.25, 0.3) is 0 Å². The second-order valence-corrected chi connectivity index (χ2v) is 7.66. The predicted octanol–water partition coefficient (Wildman–Crippen LogP) is 1.21. The number of hydrogen-bond acceptors (Lipinski definition) is 8. The van der Waals surface area contributed by atoms with Crippen molar-refractivity contribution in [3.63, 3.8) is 0 Å². The largest absolute Gasteiger partial charge is 0.387 e. The van der Waals surface area contributed by atoms with E-state index in [-0.39, 0.29) is 6.61 Å². The molecule has 0 unspecified atom stereocenters. The highest BCUT2D eigenvalue weighted by Gasteiger charge is 2.52. The Hall–Kier alpha value is -0.610. The van der Waals surface area contributed by atoms with E-state index in [2.05, 4.69) is 4.98 Å². The Kier molecular flexibility index (Phi) is 4.52. The number of hydrogen-bond donors (Lipinski definition) is 2. The van der Waals surface area contributed by atoms with Crippen molar-refractivity contribution in [2.75, 3.05) is 6.61 Å². The van der Waals surface area contributed by atoms with Gasteiger partial charge in [0.25, 0.3) is 0 Å². The van der Waals surface area contributed by atoms with Crippen molar-refractivity contribution >= 4 is 11.3 Å². The summed E-state index contributed by atoms with van der Waals surface area (Å²) in [6.45, 7) is 7.33. The fraction of sp³-hybridized carbons (Fsp3) is 0.800. The van der Waals surface area contributed by atoms with E-state index in [1.807, 2.05) is 0 Å². The van der Waals surface area contributed by atoms with Crippen LogP contribution in [0.15, 0.2) is 11.6 Å². The van der Waals surface area contributed by atoms with Crippen LogP contribution < -0.4 is 0 Å². The lowest BCUT2D eigenvalue weighted by Gasteiger charge is -2.28. The number of aromatic nitrogens is 1. The van der Waals surface area contributed by atoms with Crippen LogP contribution in [0.2, 0.25) is 0 Å². The molecule has 23 heavy (non-hydrogen) atoms. The molecule has 0 spiro atoms. The molecule has 3 heterocycles. The second kappa shape index (κ2) is 6.03. The topological polar surface area (TPSA) is 90.3 Å². The number of aliphatic hydroxyl groups is 2. The molecule has 0 saturated carbocycles. The summed E-state index contributed by atoms with van der Waals surface area (Å²) in [6.07, 6.45) is -2.38. The first-order valence-corrected chi connectivity index (χ1v) is 8.49. The summed E-state index contributed by atoms with van der Waals surface area (Å²) in [4.78, 5) is 4.12. The number of aliphatic hydroxyl groups excluding tert-OH is 2. The Morgan fingerprint density at radius 2 is 1.83 bits per heavy atom. The van der Waals surface area contributed by atoms with Crippen LogP contribution >= 0.6 is 11.3 Å². The van der Waals surface area contributed by atoms with E-state index in [1.165, 1.54) is 11.3 Å². The van der Waals surface area contributed by atoms with Gasteiger partial charge in [-0.05, 0) is 27.7 Å². The van der Waals surface area contributed by atoms with Crippen LogP contribution in [-0.2, 0) is 18.9 Å². The SMILES string of the molecule is CC1(C)O[C@@H]([C@@H](O)c2nccs2)[C@H]([C@H](O)[C@H]2COC(C)(C)O2)O1. The number of ether oxygens (including phenoxy) is 4. The van der Waals surface area contributed by atoms with Gasteiger partial charge in [-0.2, -0.15) is 0 Å². The van der Waals surface area contributed by atoms with Crippen molar-refractivity contribution in [2.45, 2.75) is 69.8 Å². The van der Waals surface area contributed by atoms with Crippen molar-refractivity contribution in [1.29, 1.82) is 0 Å². The first-order valence-electron chi connectivity index (χ1n) is 7.61. The molecule has 0 amide bonds. The number of rotatable bonds is 4. The lowest BCUT2D eigenvalue weighted by Crippen LogP contribution is -2.46. The summed E-state index contributed by atoms with van der Waals surface area (Å²) in [5, 5.41) is 23.6. The van der Waals surface area contributed by atoms with Gasteiger partial charge in [0.15, 0.2) is 11.6 Å². The van der Waals surface area contributed by atoms with E-state index in [1.54, 1.807) is 39.3 Å². The molecule has 0 bridgehead atoms. The van der Waals surface area contributed by atoms with Gasteiger partial charge in [0.05, 0.1) is 6.61 Å². The molecule has 1 aromatic heterocycles. The minimum atomic E-state index is -0.988. The maximum atomic E-state index is 10.7. The first-order chi connectivity index (χ1) is 10.7. The average molecular weight is 345 g/mol. The van der Waals surface area contributed by atoms with Crippen molar-refractivity contribution in [3.05, 3.63) is 16.6 Å². The van der Waals surface area contributed by atoms with Crippen molar-refractivity contribution in [1.82, 2.24) is 4.98 Å². The summed E-state index contributed by atoms with van der Waals surface area (Å²) < 4.78 is 22.9. The maximum Gasteiger partial charge on any atom is 0.164 e. The van der Waals surface area contributed by atoms with Crippen LogP contribution in [0.5, 0.6) is 0 Å². The lowest BCUT2D eigenvalue weighted by atomic mass is 9.99. The van der Waals surface area contributed by atoms with Crippen molar-refractivity contribution < 1.29 is 29.2 Å². The smallest absolute Gasteiger partial charge is 0.164 e. The molecule has 130 valence electrons. The molecular weight excluding hydrogens is 322 g/mol. The summed E-state index contributed by atoms with van der Waals surface area (Å²) in [5.74, 6) is -1.66. The fourth-order valence-electron chi connectivity index (χ4n) is 2.94. The molecule has 0 aromatic carbocycles. The Morgan fingerprint density at radius 3 is 2.39 bits per heavy atom. The zero-order valence-electron chi connectivity index (χ0n) is 13.6. The molecular formula is C15H23NO6S. The van der Waals surface area contributed by atoms with E-state index in [9.17, 15) is 10.2 Å². The van der Waals surface area contributed by atoms with E-state index in [0.29, 0.717) is 5.01 Å². The van der Waals surface area contributed by atoms with Crippen LogP contribution in [0.1, 0.15) is 38.8 Å². The first kappa shape index (κ1) is 17.2. The van der Waals surface area contributed by atoms with Gasteiger partial charge in [0.2, 0.25) is 0 Å². The van der Waals surface area contributed by atoms with Gasteiger partial charge in [-0.25, -0.2) is 4.98 Å². The van der Waals surface area contributed by atoms with Gasteiger partial charge >= 0.3 is 0 Å². The highest BCUT2D eigenvalue weighted by atomic mass is 32.1. The van der Waals surface area contributed by atoms with Gasteiger partial charge < -0.3 is 29.2 Å². The summed E-state index contributed by atoms with van der Waals surface area (Å²) in [5.41, 5.74) is 0. The minimum Gasteiger partial charge on any atom is -0.387 e. The van der Waals surface area contributed by atoms with Gasteiger partial charge in [-0.3, -0.25) is 0 Å². The van der Waals surface area contributed by atoms with Crippen molar-refractivity contribution in [2.24, 2.45) is 0 Å². The highest BCUT2D eigenvalue weighted by molar-refractivity contribution is 7.09. The van der Waals surface area contributed by atoms with E-state index in [4.69, 9.17) is 18.9 Å². The zero-order chi connectivity index (χ0) is 16.8. The Bertz CT molecular complexity index is 534. The highest BCUT2D eigenvalue weighted by Crippen LogP contribution is 2.39. The molecule has 7 nitrogen and oxygen atoms in total. The third-order valence-corrected chi connectivity index (χ3v) is 4.77. The summed E-state index contributed by atoms with van der Waals surface area (Å²) in [6, 6.07) is 0. The van der Waals surface area contributed by atoms with Crippen LogP contribution in [0, 0.1) is 0 Å². The quantitative estimate of drug-likeness (QED) is 0.847. The van der Waals surface area contributed by atoms with Gasteiger partial charge in [-0.1, -0.05) is 0 Å². The molecule has 2 saturated heterocycles.